The fraction of sp³-hybridized carbons (Fsp3) is 0.500. The van der Waals surface area contributed by atoms with Crippen molar-refractivity contribution in [2.24, 2.45) is 5.73 Å². The van der Waals surface area contributed by atoms with E-state index < -0.39 is 6.17 Å². The molecule has 0 bridgehead atoms. The molecule has 1 aromatic rings. The Morgan fingerprint density at radius 1 is 1.36 bits per heavy atom. The highest BCUT2D eigenvalue weighted by molar-refractivity contribution is 5.29. The van der Waals surface area contributed by atoms with E-state index in [0.717, 1.165) is 11.1 Å². The average Bonchev–Trinajstić information content (AvgIpc) is 2.15. The van der Waals surface area contributed by atoms with Gasteiger partial charge >= 0.3 is 0 Å². The topological polar surface area (TPSA) is 26.0 Å². The van der Waals surface area contributed by atoms with Crippen LogP contribution in [0.4, 0.5) is 4.39 Å². The van der Waals surface area contributed by atoms with E-state index in [4.69, 9.17) is 5.73 Å². The largest absolute Gasteiger partial charge is 0.330 e. The lowest BCUT2D eigenvalue weighted by molar-refractivity contribution is 0.296. The Morgan fingerprint density at radius 3 is 2.50 bits per heavy atom. The maximum absolute atomic E-state index is 13.4. The Morgan fingerprint density at radius 2 is 2.00 bits per heavy atom. The monoisotopic (exact) mass is 195 g/mol. The molecule has 0 spiro atoms. The number of alkyl halides is 1. The molecule has 2 atom stereocenters. The molecule has 2 N–H and O–H groups in total. The van der Waals surface area contributed by atoms with Crippen molar-refractivity contribution >= 4 is 0 Å². The van der Waals surface area contributed by atoms with Gasteiger partial charge in [0, 0.05) is 5.92 Å². The molecule has 0 aromatic heterocycles. The van der Waals surface area contributed by atoms with Gasteiger partial charge in [0.15, 0.2) is 0 Å². The van der Waals surface area contributed by atoms with Gasteiger partial charge in [0.1, 0.15) is 6.17 Å². The van der Waals surface area contributed by atoms with E-state index in [1.54, 1.807) is 6.92 Å². The smallest absolute Gasteiger partial charge is 0.104 e. The Labute approximate surface area is 85.1 Å². The van der Waals surface area contributed by atoms with Gasteiger partial charge in [-0.1, -0.05) is 24.3 Å². The quantitative estimate of drug-likeness (QED) is 0.785. The first-order valence-corrected chi connectivity index (χ1v) is 5.06. The molecule has 2 heteroatoms. The highest BCUT2D eigenvalue weighted by Crippen LogP contribution is 2.27. The van der Waals surface area contributed by atoms with E-state index >= 15 is 0 Å². The van der Waals surface area contributed by atoms with Crippen LogP contribution in [-0.2, 0) is 0 Å². The van der Waals surface area contributed by atoms with Crippen LogP contribution in [0.1, 0.15) is 30.4 Å². The molecule has 1 rings (SSSR count). The van der Waals surface area contributed by atoms with Crippen LogP contribution in [0.25, 0.3) is 0 Å². The number of nitrogens with two attached hydrogens (primary N) is 1. The van der Waals surface area contributed by atoms with Crippen LogP contribution < -0.4 is 5.73 Å². The van der Waals surface area contributed by atoms with Gasteiger partial charge in [0.25, 0.3) is 0 Å². The van der Waals surface area contributed by atoms with Gasteiger partial charge in [0.05, 0.1) is 0 Å². The minimum Gasteiger partial charge on any atom is -0.330 e. The van der Waals surface area contributed by atoms with Crippen LogP contribution in [0.5, 0.6) is 0 Å². The second-order valence-corrected chi connectivity index (χ2v) is 3.72. The van der Waals surface area contributed by atoms with Gasteiger partial charge in [-0.05, 0) is 37.9 Å². The number of benzene rings is 1. The number of rotatable bonds is 4. The number of hydrogen-bond acceptors (Lipinski definition) is 1. The zero-order chi connectivity index (χ0) is 10.6. The van der Waals surface area contributed by atoms with Crippen molar-refractivity contribution in [1.82, 2.24) is 0 Å². The van der Waals surface area contributed by atoms with Gasteiger partial charge < -0.3 is 5.73 Å². The summed E-state index contributed by atoms with van der Waals surface area (Å²) in [5.74, 6) is -0.0544. The number of hydrogen-bond donors (Lipinski definition) is 1. The lowest BCUT2D eigenvalue weighted by Crippen LogP contribution is -2.16. The summed E-state index contributed by atoms with van der Waals surface area (Å²) >= 11 is 0. The Bertz CT molecular complexity index is 283. The first-order valence-electron chi connectivity index (χ1n) is 5.06. The van der Waals surface area contributed by atoms with Crippen LogP contribution >= 0.6 is 0 Å². The molecule has 2 unspecified atom stereocenters. The minimum absolute atomic E-state index is 0.0544. The fourth-order valence-electron chi connectivity index (χ4n) is 1.81. The second-order valence-electron chi connectivity index (χ2n) is 3.72. The summed E-state index contributed by atoms with van der Waals surface area (Å²) in [6.07, 6.45) is -0.123. The molecule has 0 aliphatic heterocycles. The highest BCUT2D eigenvalue weighted by atomic mass is 19.1. The molecule has 0 fully saturated rings. The van der Waals surface area contributed by atoms with Crippen molar-refractivity contribution in [2.45, 2.75) is 32.4 Å². The zero-order valence-corrected chi connectivity index (χ0v) is 8.83. The van der Waals surface area contributed by atoms with Gasteiger partial charge in [0.2, 0.25) is 0 Å². The van der Waals surface area contributed by atoms with Crippen LogP contribution in [-0.4, -0.2) is 12.7 Å². The zero-order valence-electron chi connectivity index (χ0n) is 8.83. The summed E-state index contributed by atoms with van der Waals surface area (Å²) in [6.45, 7) is 4.15. The number of halogens is 1. The van der Waals surface area contributed by atoms with Crippen molar-refractivity contribution in [2.75, 3.05) is 6.54 Å². The third-order valence-corrected chi connectivity index (χ3v) is 2.62. The predicted molar refractivity (Wildman–Crippen MR) is 58.2 cm³/mol. The molecule has 0 aliphatic carbocycles. The van der Waals surface area contributed by atoms with Gasteiger partial charge in [-0.3, -0.25) is 0 Å². The molecule has 0 radical (unpaired) electrons. The third kappa shape index (κ3) is 2.55. The average molecular weight is 195 g/mol. The highest BCUT2D eigenvalue weighted by Gasteiger charge is 2.19. The lowest BCUT2D eigenvalue weighted by Gasteiger charge is -2.19. The van der Waals surface area contributed by atoms with E-state index in [9.17, 15) is 4.39 Å². The SMILES string of the molecule is Cc1ccccc1C(CCN)C(C)F. The Kier molecular flexibility index (Phi) is 4.08. The molecule has 14 heavy (non-hydrogen) atoms. The van der Waals surface area contributed by atoms with E-state index in [2.05, 4.69) is 0 Å². The van der Waals surface area contributed by atoms with E-state index in [1.165, 1.54) is 0 Å². The molecule has 1 aromatic carbocycles. The molecule has 1 nitrogen and oxygen atoms in total. The van der Waals surface area contributed by atoms with Gasteiger partial charge in [-0.15, -0.1) is 0 Å². The third-order valence-electron chi connectivity index (χ3n) is 2.62. The summed E-state index contributed by atoms with van der Waals surface area (Å²) in [4.78, 5) is 0. The maximum Gasteiger partial charge on any atom is 0.104 e. The molecule has 0 saturated heterocycles. The molecule has 0 saturated carbocycles. The molecular weight excluding hydrogens is 177 g/mol. The summed E-state index contributed by atoms with van der Waals surface area (Å²) in [5, 5.41) is 0. The fourth-order valence-corrected chi connectivity index (χ4v) is 1.81. The molecule has 0 aliphatic rings. The van der Waals surface area contributed by atoms with Crippen molar-refractivity contribution < 1.29 is 4.39 Å². The normalized spacial score (nSPS) is 15.1. The van der Waals surface area contributed by atoms with Crippen molar-refractivity contribution in [3.63, 3.8) is 0 Å². The van der Waals surface area contributed by atoms with Crippen molar-refractivity contribution in [3.05, 3.63) is 35.4 Å². The molecule has 78 valence electrons. The standard InChI is InChI=1S/C12H18FN/c1-9-5-3-4-6-11(9)12(7-8-14)10(2)13/h3-6,10,12H,7-8,14H2,1-2H3. The lowest BCUT2D eigenvalue weighted by atomic mass is 9.89. The minimum atomic E-state index is -0.834. The predicted octanol–water partition coefficient (Wildman–Crippen LogP) is 2.79. The summed E-state index contributed by atoms with van der Waals surface area (Å²) in [7, 11) is 0. The Balaban J connectivity index is 2.93. The van der Waals surface area contributed by atoms with E-state index in [1.807, 2.05) is 31.2 Å². The van der Waals surface area contributed by atoms with Crippen LogP contribution in [0.2, 0.25) is 0 Å². The first-order chi connectivity index (χ1) is 6.66. The van der Waals surface area contributed by atoms with Gasteiger partial charge in [-0.2, -0.15) is 0 Å². The summed E-state index contributed by atoms with van der Waals surface area (Å²) in [5.41, 5.74) is 7.73. The number of aryl methyl sites for hydroxylation is 1. The molecular formula is C12H18FN. The van der Waals surface area contributed by atoms with Gasteiger partial charge in [-0.25, -0.2) is 4.39 Å². The second kappa shape index (κ2) is 5.11. The van der Waals surface area contributed by atoms with E-state index in [-0.39, 0.29) is 5.92 Å². The van der Waals surface area contributed by atoms with Crippen LogP contribution in [0.3, 0.4) is 0 Å². The van der Waals surface area contributed by atoms with Crippen molar-refractivity contribution in [3.8, 4) is 0 Å². The van der Waals surface area contributed by atoms with Crippen LogP contribution in [0.15, 0.2) is 24.3 Å². The molecule has 0 amide bonds. The maximum atomic E-state index is 13.4. The Hall–Kier alpha value is -0.890. The first kappa shape index (κ1) is 11.2. The summed E-state index contributed by atoms with van der Waals surface area (Å²) < 4.78 is 13.4. The molecule has 0 heterocycles. The van der Waals surface area contributed by atoms with E-state index in [0.29, 0.717) is 13.0 Å². The van der Waals surface area contributed by atoms with Crippen molar-refractivity contribution in [1.29, 1.82) is 0 Å². The summed E-state index contributed by atoms with van der Waals surface area (Å²) in [6, 6.07) is 7.93. The van der Waals surface area contributed by atoms with Crippen LogP contribution in [0, 0.1) is 6.92 Å².